The van der Waals surface area contributed by atoms with Crippen LogP contribution in [0.4, 0.5) is 0 Å². The number of hydrogen-bond donors (Lipinski definition) is 0. The number of para-hydroxylation sites is 1. The molecule has 0 saturated carbocycles. The van der Waals surface area contributed by atoms with E-state index in [-0.39, 0.29) is 5.57 Å². The van der Waals surface area contributed by atoms with Gasteiger partial charge in [-0.3, -0.25) is 0 Å². The Labute approximate surface area is 144 Å². The van der Waals surface area contributed by atoms with Crippen molar-refractivity contribution >= 4 is 22.0 Å². The summed E-state index contributed by atoms with van der Waals surface area (Å²) in [6.45, 7) is 4.41. The van der Waals surface area contributed by atoms with Gasteiger partial charge in [0.15, 0.2) is 0 Å². The SMILES string of the molecule is Cc1cc(C)c(COc2ccccc2Br)cc1C=C(C#N)C#N. The maximum Gasteiger partial charge on any atom is 0.133 e. The number of aryl methyl sites for hydroxylation is 2. The standard InChI is InChI=1S/C19H15BrN2O/c1-13-7-14(2)17(9-16(13)8-15(10-21)11-22)12-23-19-6-4-3-5-18(19)20/h3-9H,12H2,1-2H3. The second-order valence-electron chi connectivity index (χ2n) is 5.14. The highest BCUT2D eigenvalue weighted by Gasteiger charge is 2.07. The molecule has 2 aromatic carbocycles. The fraction of sp³-hybridized carbons (Fsp3) is 0.158. The summed E-state index contributed by atoms with van der Waals surface area (Å²) in [6.07, 6.45) is 1.61. The number of hydrogen-bond acceptors (Lipinski definition) is 3. The Morgan fingerprint density at radius 2 is 1.83 bits per heavy atom. The molecular weight excluding hydrogens is 352 g/mol. The summed E-state index contributed by atoms with van der Waals surface area (Å²) in [7, 11) is 0. The molecule has 114 valence electrons. The van der Waals surface area contributed by atoms with Crippen LogP contribution in [0.15, 0.2) is 46.4 Å². The van der Waals surface area contributed by atoms with Crippen LogP contribution in [0.3, 0.4) is 0 Å². The average Bonchev–Trinajstić information content (AvgIpc) is 2.54. The van der Waals surface area contributed by atoms with Crippen LogP contribution in [-0.2, 0) is 6.61 Å². The van der Waals surface area contributed by atoms with Crippen molar-refractivity contribution in [3.8, 4) is 17.9 Å². The Kier molecular flexibility index (Phi) is 5.57. The molecule has 0 bridgehead atoms. The normalized spacial score (nSPS) is 9.61. The smallest absolute Gasteiger partial charge is 0.133 e. The minimum Gasteiger partial charge on any atom is -0.488 e. The Morgan fingerprint density at radius 1 is 1.13 bits per heavy atom. The van der Waals surface area contributed by atoms with E-state index in [4.69, 9.17) is 15.3 Å². The van der Waals surface area contributed by atoms with Gasteiger partial charge in [-0.15, -0.1) is 0 Å². The van der Waals surface area contributed by atoms with E-state index in [2.05, 4.69) is 15.9 Å². The zero-order valence-corrected chi connectivity index (χ0v) is 14.5. The second-order valence-corrected chi connectivity index (χ2v) is 5.99. The number of nitrogens with zero attached hydrogens (tertiary/aromatic N) is 2. The van der Waals surface area contributed by atoms with E-state index in [9.17, 15) is 0 Å². The van der Waals surface area contributed by atoms with Gasteiger partial charge < -0.3 is 4.74 Å². The first-order chi connectivity index (χ1) is 11.0. The predicted molar refractivity (Wildman–Crippen MR) is 93.6 cm³/mol. The van der Waals surface area contributed by atoms with E-state index in [1.54, 1.807) is 6.08 Å². The largest absolute Gasteiger partial charge is 0.488 e. The van der Waals surface area contributed by atoms with E-state index < -0.39 is 0 Å². The summed E-state index contributed by atoms with van der Waals surface area (Å²) in [5.41, 5.74) is 4.11. The van der Waals surface area contributed by atoms with E-state index in [1.807, 2.05) is 62.4 Å². The molecule has 0 aromatic heterocycles. The molecule has 0 spiro atoms. The van der Waals surface area contributed by atoms with Gasteiger partial charge in [0, 0.05) is 0 Å². The summed E-state index contributed by atoms with van der Waals surface area (Å²) >= 11 is 3.46. The lowest BCUT2D eigenvalue weighted by Crippen LogP contribution is -2.00. The summed E-state index contributed by atoms with van der Waals surface area (Å²) in [5, 5.41) is 17.8. The van der Waals surface area contributed by atoms with E-state index in [1.165, 1.54) is 0 Å². The predicted octanol–water partition coefficient (Wildman–Crippen LogP) is 5.08. The molecule has 0 aliphatic carbocycles. The molecule has 2 rings (SSSR count). The number of ether oxygens (including phenoxy) is 1. The number of rotatable bonds is 4. The van der Waals surface area contributed by atoms with Gasteiger partial charge in [-0.05, 0) is 76.3 Å². The number of benzene rings is 2. The van der Waals surface area contributed by atoms with Crippen molar-refractivity contribution in [2.75, 3.05) is 0 Å². The lowest BCUT2D eigenvalue weighted by atomic mass is 9.99. The summed E-state index contributed by atoms with van der Waals surface area (Å²) in [4.78, 5) is 0. The van der Waals surface area contributed by atoms with Crippen LogP contribution in [0, 0.1) is 36.5 Å². The Morgan fingerprint density at radius 3 is 2.48 bits per heavy atom. The van der Waals surface area contributed by atoms with Crippen molar-refractivity contribution in [3.05, 3.63) is 68.7 Å². The molecule has 0 amide bonds. The van der Waals surface area contributed by atoms with Gasteiger partial charge in [0.1, 0.15) is 30.1 Å². The van der Waals surface area contributed by atoms with Crippen LogP contribution >= 0.6 is 15.9 Å². The van der Waals surface area contributed by atoms with E-state index in [0.29, 0.717) is 6.61 Å². The quantitative estimate of drug-likeness (QED) is 0.709. The number of nitriles is 2. The molecule has 0 N–H and O–H groups in total. The molecular formula is C19H15BrN2O. The van der Waals surface area contributed by atoms with Gasteiger partial charge in [-0.2, -0.15) is 10.5 Å². The third-order valence-electron chi connectivity index (χ3n) is 3.49. The highest BCUT2D eigenvalue weighted by Crippen LogP contribution is 2.26. The summed E-state index contributed by atoms with van der Waals surface area (Å²) in [5.74, 6) is 0.777. The first-order valence-corrected chi connectivity index (χ1v) is 7.83. The molecule has 2 aromatic rings. The molecule has 0 radical (unpaired) electrons. The summed E-state index contributed by atoms with van der Waals surface area (Å²) in [6, 6.07) is 15.5. The monoisotopic (exact) mass is 366 g/mol. The Bertz CT molecular complexity index is 825. The van der Waals surface area contributed by atoms with Gasteiger partial charge in [0.25, 0.3) is 0 Å². The third kappa shape index (κ3) is 4.22. The van der Waals surface area contributed by atoms with Gasteiger partial charge in [0.05, 0.1) is 4.47 Å². The molecule has 0 fully saturated rings. The molecule has 3 nitrogen and oxygen atoms in total. The third-order valence-corrected chi connectivity index (χ3v) is 4.14. The van der Waals surface area contributed by atoms with Crippen molar-refractivity contribution in [1.29, 1.82) is 10.5 Å². The second kappa shape index (κ2) is 7.63. The van der Waals surface area contributed by atoms with Gasteiger partial charge in [0.2, 0.25) is 0 Å². The van der Waals surface area contributed by atoms with Crippen molar-refractivity contribution < 1.29 is 4.74 Å². The maximum atomic E-state index is 8.91. The first-order valence-electron chi connectivity index (χ1n) is 7.04. The first kappa shape index (κ1) is 16.8. The zero-order valence-electron chi connectivity index (χ0n) is 12.9. The molecule has 0 heterocycles. The average molecular weight is 367 g/mol. The molecule has 0 aliphatic rings. The molecule has 0 aliphatic heterocycles. The van der Waals surface area contributed by atoms with Crippen LogP contribution < -0.4 is 4.74 Å². The van der Waals surface area contributed by atoms with E-state index >= 15 is 0 Å². The molecule has 0 atom stereocenters. The van der Waals surface area contributed by atoms with Crippen molar-refractivity contribution in [2.45, 2.75) is 20.5 Å². The van der Waals surface area contributed by atoms with Crippen LogP contribution in [-0.4, -0.2) is 0 Å². The zero-order chi connectivity index (χ0) is 16.8. The Balaban J connectivity index is 2.30. The van der Waals surface area contributed by atoms with E-state index in [0.717, 1.165) is 32.5 Å². The lowest BCUT2D eigenvalue weighted by molar-refractivity contribution is 0.303. The van der Waals surface area contributed by atoms with Gasteiger partial charge in [-0.1, -0.05) is 18.2 Å². The van der Waals surface area contributed by atoms with Crippen LogP contribution in [0.5, 0.6) is 5.75 Å². The minimum atomic E-state index is 0.0922. The molecule has 23 heavy (non-hydrogen) atoms. The highest BCUT2D eigenvalue weighted by atomic mass is 79.9. The lowest BCUT2D eigenvalue weighted by Gasteiger charge is -2.12. The molecule has 0 unspecified atom stereocenters. The van der Waals surface area contributed by atoms with Gasteiger partial charge in [-0.25, -0.2) is 0 Å². The fourth-order valence-electron chi connectivity index (χ4n) is 2.19. The molecule has 0 saturated heterocycles. The topological polar surface area (TPSA) is 56.8 Å². The minimum absolute atomic E-state index is 0.0922. The van der Waals surface area contributed by atoms with Crippen LogP contribution in [0.2, 0.25) is 0 Å². The number of allylic oxidation sites excluding steroid dienone is 1. The highest BCUT2D eigenvalue weighted by molar-refractivity contribution is 9.10. The van der Waals surface area contributed by atoms with Crippen LogP contribution in [0.1, 0.15) is 22.3 Å². The van der Waals surface area contributed by atoms with Crippen molar-refractivity contribution in [2.24, 2.45) is 0 Å². The maximum absolute atomic E-state index is 8.91. The summed E-state index contributed by atoms with van der Waals surface area (Å²) < 4.78 is 6.76. The Hall–Kier alpha value is -2.56. The molecule has 4 heteroatoms. The van der Waals surface area contributed by atoms with Gasteiger partial charge >= 0.3 is 0 Å². The van der Waals surface area contributed by atoms with Crippen molar-refractivity contribution in [1.82, 2.24) is 0 Å². The fourth-order valence-corrected chi connectivity index (χ4v) is 2.59. The van der Waals surface area contributed by atoms with Crippen molar-refractivity contribution in [3.63, 3.8) is 0 Å². The van der Waals surface area contributed by atoms with Crippen LogP contribution in [0.25, 0.3) is 6.08 Å². The number of halogens is 1.